The summed E-state index contributed by atoms with van der Waals surface area (Å²) in [6.45, 7) is 7.52. The van der Waals surface area contributed by atoms with E-state index in [9.17, 15) is 4.39 Å². The van der Waals surface area contributed by atoms with Crippen molar-refractivity contribution >= 4 is 11.6 Å². The van der Waals surface area contributed by atoms with Gasteiger partial charge in [0.25, 0.3) is 0 Å². The first kappa shape index (κ1) is 15.6. The van der Waals surface area contributed by atoms with Crippen LogP contribution in [0.25, 0.3) is 0 Å². The monoisotopic (exact) mass is 299 g/mol. The van der Waals surface area contributed by atoms with Crippen molar-refractivity contribution in [3.8, 4) is 5.75 Å². The lowest BCUT2D eigenvalue weighted by Gasteiger charge is -2.55. The van der Waals surface area contributed by atoms with Gasteiger partial charge in [0, 0.05) is 23.9 Å². The van der Waals surface area contributed by atoms with E-state index in [0.717, 1.165) is 25.8 Å². The van der Waals surface area contributed by atoms with E-state index in [0.29, 0.717) is 11.8 Å². The summed E-state index contributed by atoms with van der Waals surface area (Å²) in [6, 6.07) is 5.08. The predicted octanol–water partition coefficient (Wildman–Crippen LogP) is 4.41. The summed E-state index contributed by atoms with van der Waals surface area (Å²) >= 11 is 5.81. The summed E-state index contributed by atoms with van der Waals surface area (Å²) < 4.78 is 19.3. The number of rotatable bonds is 6. The normalized spacial score (nSPS) is 24.2. The molecule has 0 heterocycles. The molecule has 4 heteroatoms. The van der Waals surface area contributed by atoms with Gasteiger partial charge < -0.3 is 10.1 Å². The largest absolute Gasteiger partial charge is 0.490 e. The molecule has 0 spiro atoms. The number of ether oxygens (including phenoxy) is 1. The lowest BCUT2D eigenvalue weighted by Crippen LogP contribution is -2.64. The van der Waals surface area contributed by atoms with E-state index in [4.69, 9.17) is 16.3 Å². The van der Waals surface area contributed by atoms with Gasteiger partial charge in [-0.3, -0.25) is 0 Å². The summed E-state index contributed by atoms with van der Waals surface area (Å²) in [4.78, 5) is 0. The molecule has 2 nitrogen and oxygen atoms in total. The molecule has 0 aliphatic heterocycles. The van der Waals surface area contributed by atoms with E-state index in [1.165, 1.54) is 6.07 Å². The molecule has 2 atom stereocenters. The van der Waals surface area contributed by atoms with Crippen LogP contribution in [0.3, 0.4) is 0 Å². The molecule has 1 aromatic rings. The van der Waals surface area contributed by atoms with Crippen LogP contribution < -0.4 is 10.1 Å². The molecule has 1 aromatic carbocycles. The minimum atomic E-state index is -0.407. The molecule has 20 heavy (non-hydrogen) atoms. The van der Waals surface area contributed by atoms with E-state index < -0.39 is 5.82 Å². The van der Waals surface area contributed by atoms with Gasteiger partial charge in [-0.25, -0.2) is 4.39 Å². The highest BCUT2D eigenvalue weighted by atomic mass is 35.5. The molecule has 1 aliphatic rings. The lowest BCUT2D eigenvalue weighted by atomic mass is 9.58. The second-order valence-electron chi connectivity index (χ2n) is 5.47. The number of benzene rings is 1. The molecule has 1 saturated carbocycles. The summed E-state index contributed by atoms with van der Waals surface area (Å²) in [6.07, 6.45) is 3.30. The molecule has 1 aliphatic carbocycles. The summed E-state index contributed by atoms with van der Waals surface area (Å²) in [5.74, 6) is 0.248. The maximum absolute atomic E-state index is 13.2. The highest BCUT2D eigenvalue weighted by Crippen LogP contribution is 2.49. The van der Waals surface area contributed by atoms with Gasteiger partial charge in [0.05, 0.1) is 5.02 Å². The highest BCUT2D eigenvalue weighted by molar-refractivity contribution is 6.30. The first-order chi connectivity index (χ1) is 9.57. The predicted molar refractivity (Wildman–Crippen MR) is 80.9 cm³/mol. The molecule has 1 N–H and O–H groups in total. The van der Waals surface area contributed by atoms with Gasteiger partial charge in [-0.15, -0.1) is 0 Å². The Kier molecular flexibility index (Phi) is 4.92. The lowest BCUT2D eigenvalue weighted by molar-refractivity contribution is -0.0854. The summed E-state index contributed by atoms with van der Waals surface area (Å²) in [5.41, 5.74) is 0.164. The minimum absolute atomic E-state index is 0.114. The summed E-state index contributed by atoms with van der Waals surface area (Å²) in [5, 5.41) is 3.66. The maximum Gasteiger partial charge on any atom is 0.142 e. The molecule has 0 saturated heterocycles. The summed E-state index contributed by atoms with van der Waals surface area (Å²) in [7, 11) is 0. The van der Waals surface area contributed by atoms with Gasteiger partial charge in [0.2, 0.25) is 0 Å². The third-order valence-corrected chi connectivity index (χ3v) is 5.01. The Bertz CT molecular complexity index is 462. The van der Waals surface area contributed by atoms with Gasteiger partial charge >= 0.3 is 0 Å². The average molecular weight is 300 g/mol. The van der Waals surface area contributed by atoms with Gasteiger partial charge in [-0.2, -0.15) is 0 Å². The van der Waals surface area contributed by atoms with Crippen LogP contribution in [0.4, 0.5) is 4.39 Å². The van der Waals surface area contributed by atoms with Crippen LogP contribution in [0.2, 0.25) is 5.02 Å². The number of hydrogen-bond donors (Lipinski definition) is 1. The van der Waals surface area contributed by atoms with E-state index in [1.807, 2.05) is 0 Å². The molecular weight excluding hydrogens is 277 g/mol. The number of hydrogen-bond acceptors (Lipinski definition) is 2. The van der Waals surface area contributed by atoms with Crippen molar-refractivity contribution in [3.63, 3.8) is 0 Å². The third kappa shape index (κ3) is 2.66. The van der Waals surface area contributed by atoms with Crippen molar-refractivity contribution in [1.29, 1.82) is 0 Å². The zero-order valence-corrected chi connectivity index (χ0v) is 13.1. The van der Waals surface area contributed by atoms with Crippen molar-refractivity contribution in [1.82, 2.24) is 5.32 Å². The van der Waals surface area contributed by atoms with Crippen LogP contribution in [0.15, 0.2) is 18.2 Å². The second kappa shape index (κ2) is 6.31. The molecule has 0 amide bonds. The van der Waals surface area contributed by atoms with Crippen molar-refractivity contribution in [2.75, 3.05) is 6.54 Å². The topological polar surface area (TPSA) is 21.3 Å². The van der Waals surface area contributed by atoms with Crippen LogP contribution in [0.5, 0.6) is 5.75 Å². The maximum atomic E-state index is 13.2. The fourth-order valence-electron chi connectivity index (χ4n) is 3.36. The van der Waals surface area contributed by atoms with Crippen molar-refractivity contribution in [3.05, 3.63) is 29.0 Å². The molecule has 112 valence electrons. The minimum Gasteiger partial charge on any atom is -0.490 e. The van der Waals surface area contributed by atoms with Gasteiger partial charge in [0.1, 0.15) is 17.7 Å². The molecule has 2 rings (SSSR count). The van der Waals surface area contributed by atoms with Crippen LogP contribution in [-0.4, -0.2) is 18.7 Å². The zero-order valence-electron chi connectivity index (χ0n) is 12.4. The Balaban J connectivity index is 2.11. The van der Waals surface area contributed by atoms with Crippen LogP contribution >= 0.6 is 11.6 Å². The Morgan fingerprint density at radius 3 is 2.60 bits per heavy atom. The average Bonchev–Trinajstić information content (AvgIpc) is 2.43. The third-order valence-electron chi connectivity index (χ3n) is 4.72. The Morgan fingerprint density at radius 1 is 1.35 bits per heavy atom. The molecule has 0 bridgehead atoms. The van der Waals surface area contributed by atoms with E-state index in [-0.39, 0.29) is 16.5 Å². The Hall–Kier alpha value is -0.800. The second-order valence-corrected chi connectivity index (χ2v) is 5.88. The first-order valence-corrected chi connectivity index (χ1v) is 7.80. The molecule has 0 radical (unpaired) electrons. The molecule has 2 unspecified atom stereocenters. The van der Waals surface area contributed by atoms with Gasteiger partial charge in [0.15, 0.2) is 0 Å². The standard InChI is InChI=1S/C16H23ClFNO/c1-4-16(5-2)14(19-6-3)10-15(16)20-11-7-8-13(18)12(17)9-11/h7-9,14-15,19H,4-6,10H2,1-3H3. The van der Waals surface area contributed by atoms with Crippen molar-refractivity contribution < 1.29 is 9.13 Å². The number of nitrogens with one attached hydrogen (secondary N) is 1. The molecular formula is C16H23ClFNO. The molecule has 0 aromatic heterocycles. The Morgan fingerprint density at radius 2 is 2.05 bits per heavy atom. The van der Waals surface area contributed by atoms with E-state index >= 15 is 0 Å². The van der Waals surface area contributed by atoms with Gasteiger partial charge in [-0.1, -0.05) is 32.4 Å². The van der Waals surface area contributed by atoms with Crippen molar-refractivity contribution in [2.24, 2.45) is 5.41 Å². The Labute approximate surface area is 125 Å². The molecule has 1 fully saturated rings. The van der Waals surface area contributed by atoms with Crippen LogP contribution in [0, 0.1) is 11.2 Å². The zero-order chi connectivity index (χ0) is 14.8. The first-order valence-electron chi connectivity index (χ1n) is 7.42. The fourth-order valence-corrected chi connectivity index (χ4v) is 3.53. The smallest absolute Gasteiger partial charge is 0.142 e. The van der Waals surface area contributed by atoms with Crippen LogP contribution in [0.1, 0.15) is 40.0 Å². The van der Waals surface area contributed by atoms with E-state index in [1.54, 1.807) is 12.1 Å². The number of halogens is 2. The van der Waals surface area contributed by atoms with E-state index in [2.05, 4.69) is 26.1 Å². The van der Waals surface area contributed by atoms with Crippen molar-refractivity contribution in [2.45, 2.75) is 52.2 Å². The SMILES string of the molecule is CCNC1CC(Oc2ccc(F)c(Cl)c2)C1(CC)CC. The quantitative estimate of drug-likeness (QED) is 0.840. The van der Waals surface area contributed by atoms with Gasteiger partial charge in [-0.05, 0) is 31.5 Å². The highest BCUT2D eigenvalue weighted by Gasteiger charge is 2.53. The van der Waals surface area contributed by atoms with Crippen LogP contribution in [-0.2, 0) is 0 Å². The fraction of sp³-hybridized carbons (Fsp3) is 0.625.